The van der Waals surface area contributed by atoms with Gasteiger partial charge in [-0.3, -0.25) is 0 Å². The monoisotopic (exact) mass is 458 g/mol. The van der Waals surface area contributed by atoms with Crippen LogP contribution in [0.2, 0.25) is 0 Å². The van der Waals surface area contributed by atoms with E-state index in [-0.39, 0.29) is 18.6 Å². The fraction of sp³-hybridized carbons (Fsp3) is 0.320. The van der Waals surface area contributed by atoms with Gasteiger partial charge in [-0.25, -0.2) is 4.98 Å². The van der Waals surface area contributed by atoms with E-state index in [0.717, 1.165) is 40.4 Å². The summed E-state index contributed by atoms with van der Waals surface area (Å²) in [7, 11) is 0. The number of hydrogen-bond acceptors (Lipinski definition) is 5. The second-order valence-electron chi connectivity index (χ2n) is 7.79. The highest BCUT2D eigenvalue weighted by Gasteiger charge is 2.31. The van der Waals surface area contributed by atoms with Crippen molar-refractivity contribution in [3.05, 3.63) is 71.9 Å². The van der Waals surface area contributed by atoms with Gasteiger partial charge < -0.3 is 19.5 Å². The number of halogens is 3. The molecule has 0 saturated carbocycles. The van der Waals surface area contributed by atoms with E-state index < -0.39 is 11.7 Å². The standard InChI is InChI=1S/C25H25F3N2O3/c1-2-32-23-6-4-3-5-21(23)17-7-9-22(18(13-17)16-31)30-12-11-20(15-30)33-24-10-8-19(14-29-24)25(26,27)28/h3-10,13-14,20,31H,2,11-12,15-16H2,1H3. The van der Waals surface area contributed by atoms with E-state index in [1.54, 1.807) is 0 Å². The van der Waals surface area contributed by atoms with Crippen LogP contribution in [-0.2, 0) is 12.8 Å². The fourth-order valence-electron chi connectivity index (χ4n) is 4.01. The van der Waals surface area contributed by atoms with Gasteiger partial charge in [0.05, 0.1) is 25.3 Å². The minimum Gasteiger partial charge on any atom is -0.493 e. The zero-order chi connectivity index (χ0) is 23.4. The Morgan fingerprint density at radius 3 is 2.64 bits per heavy atom. The summed E-state index contributed by atoms with van der Waals surface area (Å²) in [6.07, 6.45) is -3.15. The van der Waals surface area contributed by atoms with Crippen LogP contribution in [0.1, 0.15) is 24.5 Å². The summed E-state index contributed by atoms with van der Waals surface area (Å²) in [5.41, 5.74) is 2.79. The highest BCUT2D eigenvalue weighted by atomic mass is 19.4. The van der Waals surface area contributed by atoms with Crippen LogP contribution in [0.25, 0.3) is 11.1 Å². The van der Waals surface area contributed by atoms with E-state index >= 15 is 0 Å². The van der Waals surface area contributed by atoms with E-state index in [4.69, 9.17) is 9.47 Å². The Hall–Kier alpha value is -3.26. The van der Waals surface area contributed by atoms with Crippen molar-refractivity contribution in [2.75, 3.05) is 24.6 Å². The van der Waals surface area contributed by atoms with E-state index in [0.29, 0.717) is 26.1 Å². The maximum absolute atomic E-state index is 12.7. The van der Waals surface area contributed by atoms with Gasteiger partial charge in [0.2, 0.25) is 5.88 Å². The number of alkyl halides is 3. The lowest BCUT2D eigenvalue weighted by molar-refractivity contribution is -0.137. The van der Waals surface area contributed by atoms with Gasteiger partial charge in [0.1, 0.15) is 11.9 Å². The largest absolute Gasteiger partial charge is 0.493 e. The minimum atomic E-state index is -4.42. The molecule has 0 bridgehead atoms. The first-order chi connectivity index (χ1) is 15.9. The Balaban J connectivity index is 1.48. The number of hydrogen-bond donors (Lipinski definition) is 1. The Morgan fingerprint density at radius 2 is 1.94 bits per heavy atom. The predicted molar refractivity (Wildman–Crippen MR) is 119 cm³/mol. The molecule has 1 aliphatic rings. The van der Waals surface area contributed by atoms with Gasteiger partial charge in [0, 0.05) is 42.0 Å². The van der Waals surface area contributed by atoms with Gasteiger partial charge in [0.15, 0.2) is 0 Å². The quantitative estimate of drug-likeness (QED) is 0.520. The fourth-order valence-corrected chi connectivity index (χ4v) is 4.01. The summed E-state index contributed by atoms with van der Waals surface area (Å²) < 4.78 is 49.7. The first kappa shape index (κ1) is 22.9. The maximum atomic E-state index is 12.7. The van der Waals surface area contributed by atoms with Crippen LogP contribution in [-0.4, -0.2) is 35.9 Å². The highest BCUT2D eigenvalue weighted by molar-refractivity contribution is 5.74. The smallest absolute Gasteiger partial charge is 0.417 e. The average molecular weight is 458 g/mol. The summed E-state index contributed by atoms with van der Waals surface area (Å²) in [6.45, 7) is 3.62. The number of nitrogens with zero attached hydrogens (tertiary/aromatic N) is 2. The van der Waals surface area contributed by atoms with Crippen LogP contribution in [0.4, 0.5) is 18.9 Å². The summed E-state index contributed by atoms with van der Waals surface area (Å²) in [4.78, 5) is 5.91. The van der Waals surface area contributed by atoms with E-state index in [2.05, 4.69) is 9.88 Å². The van der Waals surface area contributed by atoms with Crippen molar-refractivity contribution in [3.8, 4) is 22.8 Å². The molecule has 5 nitrogen and oxygen atoms in total. The van der Waals surface area contributed by atoms with Crippen LogP contribution in [0.15, 0.2) is 60.8 Å². The predicted octanol–water partition coefficient (Wildman–Crippen LogP) is 5.32. The van der Waals surface area contributed by atoms with Crippen molar-refractivity contribution in [2.45, 2.75) is 32.2 Å². The van der Waals surface area contributed by atoms with E-state index in [1.807, 2.05) is 49.4 Å². The second-order valence-corrected chi connectivity index (χ2v) is 7.79. The molecule has 4 rings (SSSR count). The maximum Gasteiger partial charge on any atom is 0.417 e. The van der Waals surface area contributed by atoms with Crippen molar-refractivity contribution >= 4 is 5.69 Å². The molecule has 1 atom stereocenters. The van der Waals surface area contributed by atoms with Crippen molar-refractivity contribution < 1.29 is 27.8 Å². The van der Waals surface area contributed by atoms with Crippen LogP contribution in [0, 0.1) is 0 Å². The van der Waals surface area contributed by atoms with Crippen molar-refractivity contribution in [1.29, 1.82) is 0 Å². The van der Waals surface area contributed by atoms with Gasteiger partial charge in [-0.1, -0.05) is 24.3 Å². The molecular formula is C25H25F3N2O3. The Labute approximate surface area is 190 Å². The lowest BCUT2D eigenvalue weighted by Gasteiger charge is -2.22. The van der Waals surface area contributed by atoms with Crippen LogP contribution < -0.4 is 14.4 Å². The third-order valence-electron chi connectivity index (χ3n) is 5.58. The number of para-hydroxylation sites is 1. The van der Waals surface area contributed by atoms with E-state index in [1.165, 1.54) is 6.07 Å². The van der Waals surface area contributed by atoms with Crippen LogP contribution in [0.3, 0.4) is 0 Å². The van der Waals surface area contributed by atoms with Crippen molar-refractivity contribution in [1.82, 2.24) is 4.98 Å². The van der Waals surface area contributed by atoms with Gasteiger partial charge in [-0.15, -0.1) is 0 Å². The molecule has 1 aliphatic heterocycles. The molecule has 3 aromatic rings. The normalized spacial score (nSPS) is 16.2. The molecule has 33 heavy (non-hydrogen) atoms. The molecule has 1 unspecified atom stereocenters. The first-order valence-electron chi connectivity index (χ1n) is 10.8. The second kappa shape index (κ2) is 9.70. The molecule has 1 aromatic heterocycles. The Morgan fingerprint density at radius 1 is 1.12 bits per heavy atom. The van der Waals surface area contributed by atoms with Gasteiger partial charge in [-0.2, -0.15) is 13.2 Å². The van der Waals surface area contributed by atoms with Gasteiger partial charge in [-0.05, 0) is 36.8 Å². The third-order valence-corrected chi connectivity index (χ3v) is 5.58. The molecular weight excluding hydrogens is 433 g/mol. The number of ether oxygens (including phenoxy) is 2. The molecule has 174 valence electrons. The zero-order valence-corrected chi connectivity index (χ0v) is 18.2. The van der Waals surface area contributed by atoms with Crippen LogP contribution >= 0.6 is 0 Å². The molecule has 0 amide bonds. The molecule has 2 heterocycles. The van der Waals surface area contributed by atoms with Crippen molar-refractivity contribution in [3.63, 3.8) is 0 Å². The third kappa shape index (κ3) is 5.22. The molecule has 0 radical (unpaired) electrons. The number of aromatic nitrogens is 1. The number of anilines is 1. The molecule has 1 fully saturated rings. The average Bonchev–Trinajstić information content (AvgIpc) is 3.27. The minimum absolute atomic E-state index is 0.123. The summed E-state index contributed by atoms with van der Waals surface area (Å²) in [5, 5.41) is 10.0. The highest BCUT2D eigenvalue weighted by Crippen LogP contribution is 2.35. The summed E-state index contributed by atoms with van der Waals surface area (Å²) in [5.74, 6) is 0.954. The lowest BCUT2D eigenvalue weighted by Crippen LogP contribution is -2.25. The number of benzene rings is 2. The number of pyridine rings is 1. The first-order valence-corrected chi connectivity index (χ1v) is 10.8. The Kier molecular flexibility index (Phi) is 6.74. The molecule has 0 aliphatic carbocycles. The molecule has 0 spiro atoms. The number of aliphatic hydroxyl groups is 1. The summed E-state index contributed by atoms with van der Waals surface area (Å²) >= 11 is 0. The van der Waals surface area contributed by atoms with Gasteiger partial charge >= 0.3 is 6.18 Å². The summed E-state index contributed by atoms with van der Waals surface area (Å²) in [6, 6.07) is 15.9. The zero-order valence-electron chi connectivity index (χ0n) is 18.2. The number of rotatable bonds is 7. The van der Waals surface area contributed by atoms with Gasteiger partial charge in [0.25, 0.3) is 0 Å². The van der Waals surface area contributed by atoms with Crippen molar-refractivity contribution in [2.24, 2.45) is 0 Å². The lowest BCUT2D eigenvalue weighted by atomic mass is 10.0. The molecule has 8 heteroatoms. The molecule has 1 N–H and O–H groups in total. The SMILES string of the molecule is CCOc1ccccc1-c1ccc(N2CCC(Oc3ccc(C(F)(F)F)cn3)C2)c(CO)c1. The topological polar surface area (TPSA) is 54.8 Å². The van der Waals surface area contributed by atoms with E-state index in [9.17, 15) is 18.3 Å². The molecule has 1 saturated heterocycles. The number of aliphatic hydroxyl groups excluding tert-OH is 1. The van der Waals surface area contributed by atoms with Crippen LogP contribution in [0.5, 0.6) is 11.6 Å². The Bertz CT molecular complexity index is 1090. The molecule has 2 aromatic carbocycles.